The number of benzene rings is 6. The molecule has 0 aliphatic carbocycles. The van der Waals surface area contributed by atoms with Gasteiger partial charge in [0.1, 0.15) is 35.3 Å². The highest BCUT2D eigenvalue weighted by atomic mass is 19.1. The number of carbonyl (C=O) groups is 2. The molecule has 2 amide bonds. The van der Waals surface area contributed by atoms with E-state index < -0.39 is 44.0 Å². The largest absolute Gasteiger partial charge is 0.497 e. The van der Waals surface area contributed by atoms with Crippen molar-refractivity contribution in [2.75, 3.05) is 37.1 Å². The Kier molecular flexibility index (Phi) is 19.4. The molecule has 2 saturated heterocycles. The molecule has 2 aliphatic rings. The molecule has 0 spiro atoms. The van der Waals surface area contributed by atoms with Crippen molar-refractivity contribution in [2.24, 2.45) is 0 Å². The van der Waals surface area contributed by atoms with Gasteiger partial charge in [0.05, 0.1) is 94.8 Å². The summed E-state index contributed by atoms with van der Waals surface area (Å²) in [6, 6.07) is 41.9. The molecule has 2 N–H and O–H groups in total. The first-order valence-electron chi connectivity index (χ1n) is 29.1. The lowest BCUT2D eigenvalue weighted by Crippen LogP contribution is -2.36. The molecular weight excluding hydrogens is 1150 g/mol. The molecule has 2 fully saturated rings. The summed E-state index contributed by atoms with van der Waals surface area (Å²) in [6.07, 6.45) is 8.46. The summed E-state index contributed by atoms with van der Waals surface area (Å²) in [5.41, 5.74) is 8.71. The topological polar surface area (TPSA) is 234 Å². The maximum absolute atomic E-state index is 15.3. The number of aromatic nitrogens is 11. The monoisotopic (exact) mass is 1220 g/mol. The van der Waals surface area contributed by atoms with Gasteiger partial charge in [0.2, 0.25) is 0 Å². The maximum Gasteiger partial charge on any atom is 0.414 e. The van der Waals surface area contributed by atoms with E-state index in [0.717, 1.165) is 45.1 Å². The summed E-state index contributed by atoms with van der Waals surface area (Å²) in [5.74, 6) is 0.693. The Hall–Kier alpha value is -10.1. The molecule has 6 heterocycles. The fraction of sp³-hybridized carbons (Fsp3) is 0.254. The summed E-state index contributed by atoms with van der Waals surface area (Å²) in [4.78, 5) is 31.6. The van der Waals surface area contributed by atoms with Crippen LogP contribution in [0, 0.1) is 11.6 Å². The summed E-state index contributed by atoms with van der Waals surface area (Å²) >= 11 is 0. The minimum Gasteiger partial charge on any atom is -0.497 e. The Labute approximate surface area is 518 Å². The van der Waals surface area contributed by atoms with Gasteiger partial charge in [-0.3, -0.25) is 14.5 Å². The van der Waals surface area contributed by atoms with Crippen LogP contribution in [0.4, 0.5) is 29.7 Å². The quantitative estimate of drug-likeness (QED) is 0.0541. The predicted octanol–water partition coefficient (Wildman–Crippen LogP) is 8.35. The van der Waals surface area contributed by atoms with E-state index in [-0.39, 0.29) is 12.6 Å². The molecule has 12 rings (SSSR count). The van der Waals surface area contributed by atoms with Crippen LogP contribution in [0.1, 0.15) is 33.6 Å². The molecule has 460 valence electrons. The molecule has 23 nitrogen and oxygen atoms in total. The number of carbonyl (C=O) groups excluding carboxylic acids is 2. The minimum atomic E-state index is -0.727. The number of cyclic esters (lactones) is 2. The summed E-state index contributed by atoms with van der Waals surface area (Å²) in [6.45, 7) is 7.67. The molecule has 4 aromatic heterocycles. The molecular formula is C63H65B2F2N15O8. The predicted molar refractivity (Wildman–Crippen MR) is 332 cm³/mol. The summed E-state index contributed by atoms with van der Waals surface area (Å²) in [7, 11) is 1.81. The van der Waals surface area contributed by atoms with Gasteiger partial charge in [-0.15, -0.1) is 15.3 Å². The van der Waals surface area contributed by atoms with Gasteiger partial charge in [-0.25, -0.2) is 32.4 Å². The van der Waals surface area contributed by atoms with E-state index in [9.17, 15) is 19.6 Å². The number of halogens is 2. The summed E-state index contributed by atoms with van der Waals surface area (Å²) in [5, 5.41) is 49.7. The highest BCUT2D eigenvalue weighted by molar-refractivity contribution is 6.45. The van der Waals surface area contributed by atoms with Crippen molar-refractivity contribution >= 4 is 37.7 Å². The second kappa shape index (κ2) is 28.4. The molecule has 0 radical (unpaired) electrons. The van der Waals surface area contributed by atoms with Gasteiger partial charge in [-0.1, -0.05) is 88.4 Å². The van der Waals surface area contributed by atoms with Gasteiger partial charge in [0, 0.05) is 55.9 Å². The number of methoxy groups -OCH3 is 2. The zero-order valence-electron chi connectivity index (χ0n) is 49.9. The molecule has 6 aromatic carbocycles. The number of nitrogens with zero attached hydrogens (tertiary/aromatic N) is 15. The van der Waals surface area contributed by atoms with Crippen LogP contribution in [0.2, 0.25) is 13.6 Å². The number of amides is 2. The van der Waals surface area contributed by atoms with Gasteiger partial charge in [-0.05, 0) is 114 Å². The Morgan fingerprint density at radius 1 is 0.578 bits per heavy atom. The Morgan fingerprint density at radius 2 is 1.10 bits per heavy atom. The SMILES string of the molecule is COc1ccc(Cn2cc(CN(Cc3ccc(-c4ccc(N5C[C@H](Cn6ccnn6)OC5=O)cc4F)cc3)B(C)O)nn2)cc1.COc1ccc(Cn2nncc2CN(Cc2ccc(-c3ccc(N4C[C@H](Cn5cccn5)OC4=O)cc3F)cc2)B(C)O)cc1. The minimum absolute atomic E-state index is 0.283. The zero-order chi connectivity index (χ0) is 62.7. The van der Waals surface area contributed by atoms with E-state index in [2.05, 4.69) is 36.0 Å². The number of rotatable bonds is 24. The highest BCUT2D eigenvalue weighted by Crippen LogP contribution is 2.32. The second-order valence-corrected chi connectivity index (χ2v) is 21.9. The van der Waals surface area contributed by atoms with E-state index in [4.69, 9.17) is 18.9 Å². The average molecular weight is 1220 g/mol. The van der Waals surface area contributed by atoms with Gasteiger partial charge in [0.25, 0.3) is 0 Å². The van der Waals surface area contributed by atoms with Crippen LogP contribution in [0.15, 0.2) is 177 Å². The lowest BCUT2D eigenvalue weighted by molar-refractivity contribution is 0.128. The van der Waals surface area contributed by atoms with Crippen molar-refractivity contribution in [3.63, 3.8) is 0 Å². The smallest absolute Gasteiger partial charge is 0.414 e. The fourth-order valence-electron chi connectivity index (χ4n) is 10.6. The van der Waals surface area contributed by atoms with Crippen molar-refractivity contribution in [3.8, 4) is 33.8 Å². The molecule has 2 atom stereocenters. The van der Waals surface area contributed by atoms with Crippen LogP contribution in [-0.2, 0) is 61.8 Å². The van der Waals surface area contributed by atoms with E-state index in [1.165, 1.54) is 21.9 Å². The zero-order valence-corrected chi connectivity index (χ0v) is 49.9. The first kappa shape index (κ1) is 61.6. The van der Waals surface area contributed by atoms with Gasteiger partial charge < -0.3 is 38.6 Å². The van der Waals surface area contributed by atoms with E-state index >= 15 is 8.78 Å². The molecule has 2 aliphatic heterocycles. The van der Waals surface area contributed by atoms with E-state index in [1.807, 2.05) is 118 Å². The van der Waals surface area contributed by atoms with Crippen LogP contribution in [-0.4, -0.2) is 140 Å². The number of hydrogen-bond acceptors (Lipinski definition) is 17. The highest BCUT2D eigenvalue weighted by Gasteiger charge is 2.35. The van der Waals surface area contributed by atoms with Gasteiger partial charge in [-0.2, -0.15) is 5.10 Å². The first-order chi connectivity index (χ1) is 43.7. The van der Waals surface area contributed by atoms with Crippen molar-refractivity contribution < 1.29 is 47.4 Å². The summed E-state index contributed by atoms with van der Waals surface area (Å²) < 4.78 is 58.8. The first-order valence-corrected chi connectivity index (χ1v) is 29.1. The maximum atomic E-state index is 15.3. The van der Waals surface area contributed by atoms with Crippen molar-refractivity contribution in [2.45, 2.75) is 78.2 Å². The van der Waals surface area contributed by atoms with Crippen LogP contribution in [0.5, 0.6) is 11.5 Å². The molecule has 90 heavy (non-hydrogen) atoms. The third-order valence-electron chi connectivity index (χ3n) is 15.5. The normalized spacial score (nSPS) is 14.6. The van der Waals surface area contributed by atoms with Crippen molar-refractivity contribution in [3.05, 3.63) is 222 Å². The van der Waals surface area contributed by atoms with Crippen molar-refractivity contribution in [1.29, 1.82) is 0 Å². The third-order valence-corrected chi connectivity index (χ3v) is 15.5. The van der Waals surface area contributed by atoms with E-state index in [0.29, 0.717) is 92.5 Å². The Morgan fingerprint density at radius 3 is 1.59 bits per heavy atom. The lowest BCUT2D eigenvalue weighted by Gasteiger charge is -2.23. The molecule has 27 heteroatoms. The standard InChI is InChI=1S/C32H33BFN7O4.C31H32BFN8O4/c1-33(43)38(20-27-17-35-37-41(27)19-24-6-11-28(44-2)12-7-24)18-23-4-8-25(9-5-23)30-13-10-26(16-31(30)34)40-22-29(45-32(40)42)21-39-15-3-14-36-39;1-32(43)38(18-25-19-40(37-35-25)17-23-5-10-27(44-2)11-6-23)16-22-3-7-24(8-4-22)29-12-9-26(15-30(29)33)41-21-28(45-31(41)42)20-39-14-13-34-36-39/h3-17,29,43H,18-22H2,1-2H3;3-15,19,28,43H,16-18,20-21H2,1-2H3/t29-;28-/m00/s1. The van der Waals surface area contributed by atoms with Crippen molar-refractivity contribution in [1.82, 2.24) is 64.4 Å². The van der Waals surface area contributed by atoms with Gasteiger partial charge >= 0.3 is 26.3 Å². The van der Waals surface area contributed by atoms with Crippen LogP contribution < -0.4 is 19.3 Å². The molecule has 0 bridgehead atoms. The van der Waals surface area contributed by atoms with Crippen LogP contribution >= 0.6 is 0 Å². The van der Waals surface area contributed by atoms with Gasteiger partial charge in [0.15, 0.2) is 0 Å². The second-order valence-electron chi connectivity index (χ2n) is 21.9. The Bertz CT molecular complexity index is 3980. The molecule has 0 saturated carbocycles. The number of ether oxygens (including phenoxy) is 4. The third kappa shape index (κ3) is 15.4. The average Bonchev–Trinajstić information content (AvgIpc) is 2.32. The molecule has 0 unspecified atom stereocenters. The van der Waals surface area contributed by atoms with Crippen LogP contribution in [0.3, 0.4) is 0 Å². The number of anilines is 2. The Balaban J connectivity index is 0.000000185. The van der Waals surface area contributed by atoms with E-state index in [1.54, 1.807) is 103 Å². The van der Waals surface area contributed by atoms with Crippen LogP contribution in [0.25, 0.3) is 22.3 Å². The fourth-order valence-corrected chi connectivity index (χ4v) is 10.6. The number of hydrogen-bond donors (Lipinski definition) is 2. The lowest BCUT2D eigenvalue weighted by atomic mass is 9.84. The molecule has 10 aromatic rings.